The van der Waals surface area contributed by atoms with Gasteiger partial charge in [-0.05, 0) is 0 Å². The first kappa shape index (κ1) is 14.4. The zero-order chi connectivity index (χ0) is 13.8. The van der Waals surface area contributed by atoms with Crippen molar-refractivity contribution < 1.29 is 4.74 Å². The van der Waals surface area contributed by atoms with E-state index in [0.717, 1.165) is 42.3 Å². The predicted molar refractivity (Wildman–Crippen MR) is 81.7 cm³/mol. The van der Waals surface area contributed by atoms with E-state index in [9.17, 15) is 0 Å². The number of hydrogen-bond donors (Lipinski definition) is 0. The van der Waals surface area contributed by atoms with Gasteiger partial charge in [-0.1, -0.05) is 0 Å². The van der Waals surface area contributed by atoms with Crippen LogP contribution in [-0.4, -0.2) is 27.7 Å². The average Bonchev–Trinajstić information content (AvgIpc) is 2.70. The summed E-state index contributed by atoms with van der Waals surface area (Å²) in [6.45, 7) is 9.89. The van der Waals surface area contributed by atoms with Crippen LogP contribution in [0.15, 0.2) is 0 Å². The summed E-state index contributed by atoms with van der Waals surface area (Å²) in [6.07, 6.45) is 7.12. The van der Waals surface area contributed by atoms with Crippen molar-refractivity contribution in [1.29, 1.82) is 0 Å². The van der Waals surface area contributed by atoms with Crippen molar-refractivity contribution >= 4 is 15.0 Å². The number of rotatable bonds is 3. The van der Waals surface area contributed by atoms with Gasteiger partial charge in [0.15, 0.2) is 0 Å². The van der Waals surface area contributed by atoms with Crippen LogP contribution in [0.2, 0.25) is 9.63 Å². The summed E-state index contributed by atoms with van der Waals surface area (Å²) in [7, 11) is 1.93. The molecule has 2 heteroatoms. The molecular weight excluding hydrogens is 299 g/mol. The first-order chi connectivity index (χ1) is 8.88. The van der Waals surface area contributed by atoms with Gasteiger partial charge in [0, 0.05) is 0 Å². The molecule has 0 aromatic carbocycles. The van der Waals surface area contributed by atoms with Crippen LogP contribution >= 0.6 is 0 Å². The van der Waals surface area contributed by atoms with Gasteiger partial charge in [-0.2, -0.15) is 0 Å². The Morgan fingerprint density at radius 1 is 1.11 bits per heavy atom. The molecule has 0 heterocycles. The minimum atomic E-state index is 0.204. The fourth-order valence-electron chi connectivity index (χ4n) is 4.78. The molecule has 0 aromatic rings. The van der Waals surface area contributed by atoms with Crippen molar-refractivity contribution in [2.45, 2.75) is 75.0 Å². The van der Waals surface area contributed by atoms with E-state index in [1.54, 1.807) is 0 Å². The molecule has 3 rings (SSSR count). The Hall–Kier alpha value is 0.479. The molecule has 0 aliphatic heterocycles. The Kier molecular flexibility index (Phi) is 3.60. The Balaban J connectivity index is 1.64. The molecule has 0 radical (unpaired) electrons. The topological polar surface area (TPSA) is 9.23 Å². The molecule has 0 N–H and O–H groups in total. The molecule has 0 bridgehead atoms. The molecule has 3 fully saturated rings. The second-order valence-corrected chi connectivity index (χ2v) is 11.1. The quantitative estimate of drug-likeness (QED) is 0.690. The summed E-state index contributed by atoms with van der Waals surface area (Å²) >= 11 is 0.782. The number of methoxy groups -OCH3 is 1. The molecule has 6 atom stereocenters. The van der Waals surface area contributed by atoms with Gasteiger partial charge in [0.05, 0.1) is 0 Å². The van der Waals surface area contributed by atoms with E-state index < -0.39 is 0 Å². The Bertz CT molecular complexity index is 353. The average molecular weight is 329 g/mol. The maximum absolute atomic E-state index is 5.88. The van der Waals surface area contributed by atoms with Gasteiger partial charge in [0.2, 0.25) is 0 Å². The maximum atomic E-state index is 5.88. The van der Waals surface area contributed by atoms with Gasteiger partial charge in [-0.3, -0.25) is 0 Å². The van der Waals surface area contributed by atoms with Crippen LogP contribution in [-0.2, 0) is 4.74 Å². The molecule has 0 amide bonds. The molecule has 3 aliphatic carbocycles. The Morgan fingerprint density at radius 2 is 1.79 bits per heavy atom. The monoisotopic (exact) mass is 330 g/mol. The van der Waals surface area contributed by atoms with E-state index in [1.807, 2.05) is 7.11 Å². The van der Waals surface area contributed by atoms with Crippen molar-refractivity contribution in [3.8, 4) is 0 Å². The van der Waals surface area contributed by atoms with Crippen LogP contribution in [0, 0.1) is 23.2 Å². The molecule has 1 nitrogen and oxygen atoms in total. The van der Waals surface area contributed by atoms with Crippen molar-refractivity contribution in [1.82, 2.24) is 0 Å². The molecule has 3 aliphatic rings. The predicted octanol–water partition coefficient (Wildman–Crippen LogP) is 4.56. The van der Waals surface area contributed by atoms with Gasteiger partial charge in [0.25, 0.3) is 0 Å². The normalized spacial score (nSPS) is 51.9. The van der Waals surface area contributed by atoms with Crippen molar-refractivity contribution in [2.75, 3.05) is 7.11 Å². The molecular formula is C17H30OSe. The van der Waals surface area contributed by atoms with Crippen LogP contribution in [0.3, 0.4) is 0 Å². The fraction of sp³-hybridized carbons (Fsp3) is 1.00. The van der Waals surface area contributed by atoms with Gasteiger partial charge in [-0.25, -0.2) is 0 Å². The van der Waals surface area contributed by atoms with Gasteiger partial charge in [-0.15, -0.1) is 0 Å². The Morgan fingerprint density at radius 3 is 2.47 bits per heavy atom. The molecule has 0 aromatic heterocycles. The minimum absolute atomic E-state index is 0.204. The molecule has 110 valence electrons. The van der Waals surface area contributed by atoms with Gasteiger partial charge in [0.1, 0.15) is 0 Å². The van der Waals surface area contributed by atoms with E-state index in [-0.39, 0.29) is 5.60 Å². The number of hydrogen-bond acceptors (Lipinski definition) is 1. The zero-order valence-electron chi connectivity index (χ0n) is 13.2. The first-order valence-corrected chi connectivity index (χ1v) is 10.1. The van der Waals surface area contributed by atoms with E-state index in [4.69, 9.17) is 4.74 Å². The van der Waals surface area contributed by atoms with E-state index in [1.165, 1.54) is 32.1 Å². The van der Waals surface area contributed by atoms with E-state index in [2.05, 4.69) is 27.7 Å². The first-order valence-electron chi connectivity index (χ1n) is 8.09. The second-order valence-electron chi connectivity index (χ2n) is 8.06. The Labute approximate surface area is 125 Å². The van der Waals surface area contributed by atoms with E-state index >= 15 is 0 Å². The SMILES string of the molecule is COC1(C)CCCC1[Se][C@@H]1C[C@@H]2[C@H](C[C@H]1C)C2(C)C. The summed E-state index contributed by atoms with van der Waals surface area (Å²) in [4.78, 5) is 1.89. The summed E-state index contributed by atoms with van der Waals surface area (Å²) in [5, 5.41) is 0. The van der Waals surface area contributed by atoms with Crippen LogP contribution in [0.1, 0.15) is 59.8 Å². The van der Waals surface area contributed by atoms with Crippen LogP contribution in [0.5, 0.6) is 0 Å². The van der Waals surface area contributed by atoms with Crippen LogP contribution in [0.25, 0.3) is 0 Å². The summed E-state index contributed by atoms with van der Waals surface area (Å²) in [5.74, 6) is 3.06. The van der Waals surface area contributed by atoms with Crippen molar-refractivity contribution in [3.05, 3.63) is 0 Å². The van der Waals surface area contributed by atoms with Crippen molar-refractivity contribution in [2.24, 2.45) is 23.2 Å². The second kappa shape index (κ2) is 4.75. The number of fused-ring (bicyclic) bond motifs is 1. The third kappa shape index (κ3) is 2.32. The summed E-state index contributed by atoms with van der Waals surface area (Å²) < 4.78 is 5.88. The molecule has 0 saturated heterocycles. The third-order valence-electron chi connectivity index (χ3n) is 6.66. The van der Waals surface area contributed by atoms with Crippen LogP contribution < -0.4 is 0 Å². The third-order valence-corrected chi connectivity index (χ3v) is 11.0. The standard InChI is InChI=1S/C17H30OSe/c1-11-9-12-13(16(12,2)3)10-14(11)19-15-7-6-8-17(15,4)18-5/h11-15H,6-10H2,1-5H3/t11-,12+,13-,14-,15?,17?/m1/s1. The van der Waals surface area contributed by atoms with Crippen LogP contribution in [0.4, 0.5) is 0 Å². The van der Waals surface area contributed by atoms with Gasteiger partial charge < -0.3 is 0 Å². The van der Waals surface area contributed by atoms with E-state index in [0.29, 0.717) is 5.41 Å². The summed E-state index contributed by atoms with van der Waals surface area (Å²) in [5.41, 5.74) is 0.870. The zero-order valence-corrected chi connectivity index (χ0v) is 15.0. The molecule has 2 unspecified atom stereocenters. The summed E-state index contributed by atoms with van der Waals surface area (Å²) in [6, 6.07) is 0. The molecule has 19 heavy (non-hydrogen) atoms. The van der Waals surface area contributed by atoms with Gasteiger partial charge >= 0.3 is 125 Å². The fourth-order valence-corrected chi connectivity index (χ4v) is 8.82. The van der Waals surface area contributed by atoms with Crippen molar-refractivity contribution in [3.63, 3.8) is 0 Å². The molecule has 0 spiro atoms. The molecule has 3 saturated carbocycles. The number of ether oxygens (including phenoxy) is 1.